The van der Waals surface area contributed by atoms with Crippen LogP contribution in [0.3, 0.4) is 0 Å². The number of nitrogens with zero attached hydrogens (tertiary/aromatic N) is 4. The molecule has 0 unspecified atom stereocenters. The summed E-state index contributed by atoms with van der Waals surface area (Å²) in [6.07, 6.45) is -0.337. The summed E-state index contributed by atoms with van der Waals surface area (Å²) in [5, 5.41) is 7.11. The number of halogens is 3. The summed E-state index contributed by atoms with van der Waals surface area (Å²) in [6.45, 7) is 1.69. The van der Waals surface area contributed by atoms with Gasteiger partial charge in [0.05, 0.1) is 12.1 Å². The Kier molecular flexibility index (Phi) is 6.95. The van der Waals surface area contributed by atoms with Crippen LogP contribution in [0, 0.1) is 5.92 Å². The molecule has 7 nitrogen and oxygen atoms in total. The number of carbonyl (C=O) groups is 2. The van der Waals surface area contributed by atoms with E-state index in [0.717, 1.165) is 23.3 Å². The quantitative estimate of drug-likeness (QED) is 0.597. The fourth-order valence-electron chi connectivity index (χ4n) is 4.03. The first kappa shape index (κ1) is 23.5. The maximum atomic E-state index is 12.7. The lowest BCUT2D eigenvalue weighted by atomic mass is 9.95. The summed E-state index contributed by atoms with van der Waals surface area (Å²) in [7, 11) is 0. The van der Waals surface area contributed by atoms with E-state index in [-0.39, 0.29) is 23.3 Å². The van der Waals surface area contributed by atoms with Crippen LogP contribution in [0.4, 0.5) is 13.2 Å². The molecule has 34 heavy (non-hydrogen) atoms. The second-order valence-electron chi connectivity index (χ2n) is 8.22. The first-order chi connectivity index (χ1) is 16.3. The maximum absolute atomic E-state index is 12.7. The number of hydrogen-bond acceptors (Lipinski definition) is 4. The lowest BCUT2D eigenvalue weighted by molar-refractivity contribution is -0.137. The molecule has 3 aromatic rings. The van der Waals surface area contributed by atoms with Crippen LogP contribution >= 0.6 is 0 Å². The Balaban J connectivity index is 1.28. The van der Waals surface area contributed by atoms with Crippen molar-refractivity contribution in [1.82, 2.24) is 25.0 Å². The van der Waals surface area contributed by atoms with Crippen LogP contribution in [0.2, 0.25) is 0 Å². The summed E-state index contributed by atoms with van der Waals surface area (Å²) < 4.78 is 39.9. The lowest BCUT2D eigenvalue weighted by Gasteiger charge is -2.31. The zero-order valence-electron chi connectivity index (χ0n) is 18.3. The molecule has 0 bridgehead atoms. The second kappa shape index (κ2) is 10.1. The molecule has 2 amide bonds. The van der Waals surface area contributed by atoms with Crippen molar-refractivity contribution in [1.29, 1.82) is 0 Å². The van der Waals surface area contributed by atoms with Crippen molar-refractivity contribution in [3.8, 4) is 0 Å². The van der Waals surface area contributed by atoms with Gasteiger partial charge in [-0.25, -0.2) is 9.67 Å². The average molecular weight is 471 g/mol. The molecule has 1 aromatic heterocycles. The predicted molar refractivity (Wildman–Crippen MR) is 117 cm³/mol. The minimum Gasteiger partial charge on any atom is -0.352 e. The summed E-state index contributed by atoms with van der Waals surface area (Å²) in [5.74, 6) is -0.619. The standard InChI is InChI=1S/C24H24F3N5O2/c25-24(26,27)21-7-5-18(6-8-21)23(34)31-11-9-17(10-12-31)22(33)29-13-19-3-1-2-4-20(19)14-32-16-28-15-30-32/h1-8,15-17H,9-14H2,(H,29,33). The molecule has 0 atom stereocenters. The molecule has 1 fully saturated rings. The van der Waals surface area contributed by atoms with Gasteiger partial charge in [-0.15, -0.1) is 0 Å². The highest BCUT2D eigenvalue weighted by Gasteiger charge is 2.31. The number of alkyl halides is 3. The third-order valence-electron chi connectivity index (χ3n) is 5.98. The first-order valence-corrected chi connectivity index (χ1v) is 10.9. The third kappa shape index (κ3) is 5.62. The normalized spacial score (nSPS) is 14.7. The van der Waals surface area contributed by atoms with E-state index in [1.807, 2.05) is 24.3 Å². The van der Waals surface area contributed by atoms with Gasteiger partial charge in [-0.3, -0.25) is 9.59 Å². The van der Waals surface area contributed by atoms with Crippen molar-refractivity contribution in [2.24, 2.45) is 5.92 Å². The number of aromatic nitrogens is 3. The van der Waals surface area contributed by atoms with E-state index >= 15 is 0 Å². The minimum absolute atomic E-state index is 0.0720. The Hall–Kier alpha value is -3.69. The van der Waals surface area contributed by atoms with E-state index in [1.54, 1.807) is 15.9 Å². The summed E-state index contributed by atoms with van der Waals surface area (Å²) in [4.78, 5) is 30.9. The van der Waals surface area contributed by atoms with E-state index < -0.39 is 11.7 Å². The number of likely N-dealkylation sites (tertiary alicyclic amines) is 1. The zero-order valence-corrected chi connectivity index (χ0v) is 18.3. The van der Waals surface area contributed by atoms with Crippen LogP contribution in [0.1, 0.15) is 39.9 Å². The second-order valence-corrected chi connectivity index (χ2v) is 8.22. The molecule has 1 aliphatic rings. The molecule has 2 heterocycles. The Bertz CT molecular complexity index is 1120. The first-order valence-electron chi connectivity index (χ1n) is 10.9. The van der Waals surface area contributed by atoms with Gasteiger partial charge in [0.1, 0.15) is 12.7 Å². The average Bonchev–Trinajstić information content (AvgIpc) is 3.36. The number of piperidine rings is 1. The molecule has 178 valence electrons. The van der Waals surface area contributed by atoms with Crippen LogP contribution in [0.5, 0.6) is 0 Å². The van der Waals surface area contributed by atoms with Gasteiger partial charge in [-0.1, -0.05) is 24.3 Å². The molecule has 0 saturated carbocycles. The van der Waals surface area contributed by atoms with E-state index in [0.29, 0.717) is 39.0 Å². The van der Waals surface area contributed by atoms with Crippen LogP contribution in [-0.2, 0) is 24.1 Å². The Morgan fingerprint density at radius 3 is 2.29 bits per heavy atom. The highest BCUT2D eigenvalue weighted by atomic mass is 19.4. The Labute approximate surface area is 194 Å². The van der Waals surface area contributed by atoms with Crippen LogP contribution in [0.15, 0.2) is 61.2 Å². The Morgan fingerprint density at radius 1 is 1.00 bits per heavy atom. The van der Waals surface area contributed by atoms with E-state index in [2.05, 4.69) is 15.4 Å². The third-order valence-corrected chi connectivity index (χ3v) is 5.98. The fraction of sp³-hybridized carbons (Fsp3) is 0.333. The number of nitrogens with one attached hydrogen (secondary N) is 1. The van der Waals surface area contributed by atoms with Gasteiger partial charge < -0.3 is 10.2 Å². The molecule has 1 N–H and O–H groups in total. The topological polar surface area (TPSA) is 80.1 Å². The molecular formula is C24H24F3N5O2. The van der Waals surface area contributed by atoms with Crippen molar-refractivity contribution < 1.29 is 22.8 Å². The van der Waals surface area contributed by atoms with Gasteiger partial charge in [-0.2, -0.15) is 18.3 Å². The van der Waals surface area contributed by atoms with Crippen molar-refractivity contribution in [2.45, 2.75) is 32.1 Å². The van der Waals surface area contributed by atoms with Gasteiger partial charge in [0.2, 0.25) is 5.91 Å². The van der Waals surface area contributed by atoms with Gasteiger partial charge in [0.15, 0.2) is 0 Å². The van der Waals surface area contributed by atoms with Crippen molar-refractivity contribution in [3.63, 3.8) is 0 Å². The fourth-order valence-corrected chi connectivity index (χ4v) is 4.03. The molecule has 2 aromatic carbocycles. The number of amides is 2. The minimum atomic E-state index is -4.44. The monoisotopic (exact) mass is 471 g/mol. The van der Waals surface area contributed by atoms with Gasteiger partial charge >= 0.3 is 6.18 Å². The predicted octanol–water partition coefficient (Wildman–Crippen LogP) is 3.51. The zero-order chi connectivity index (χ0) is 24.1. The van der Waals surface area contributed by atoms with E-state index in [1.165, 1.54) is 18.5 Å². The largest absolute Gasteiger partial charge is 0.416 e. The van der Waals surface area contributed by atoms with Crippen LogP contribution in [0.25, 0.3) is 0 Å². The molecule has 0 spiro atoms. The van der Waals surface area contributed by atoms with Gasteiger partial charge in [0.25, 0.3) is 5.91 Å². The molecule has 1 aliphatic heterocycles. The maximum Gasteiger partial charge on any atom is 0.416 e. The van der Waals surface area contributed by atoms with Crippen molar-refractivity contribution in [3.05, 3.63) is 83.4 Å². The summed E-state index contributed by atoms with van der Waals surface area (Å²) in [5.41, 5.74) is 1.44. The molecule has 0 radical (unpaired) electrons. The van der Waals surface area contributed by atoms with Crippen LogP contribution < -0.4 is 5.32 Å². The van der Waals surface area contributed by atoms with Gasteiger partial charge in [-0.05, 0) is 48.2 Å². The molecule has 4 rings (SSSR count). The highest BCUT2D eigenvalue weighted by Crippen LogP contribution is 2.29. The SMILES string of the molecule is O=C(NCc1ccccc1Cn1cncn1)C1CCN(C(=O)c2ccc(C(F)(F)F)cc2)CC1. The van der Waals surface area contributed by atoms with Crippen molar-refractivity contribution >= 4 is 11.8 Å². The van der Waals surface area contributed by atoms with E-state index in [9.17, 15) is 22.8 Å². The number of rotatable bonds is 6. The van der Waals surface area contributed by atoms with Crippen molar-refractivity contribution in [2.75, 3.05) is 13.1 Å². The summed E-state index contributed by atoms with van der Waals surface area (Å²) >= 11 is 0. The molecule has 10 heteroatoms. The lowest BCUT2D eigenvalue weighted by Crippen LogP contribution is -2.43. The van der Waals surface area contributed by atoms with Crippen LogP contribution in [-0.4, -0.2) is 44.6 Å². The molecule has 0 aliphatic carbocycles. The number of benzene rings is 2. The highest BCUT2D eigenvalue weighted by molar-refractivity contribution is 5.94. The molecular weight excluding hydrogens is 447 g/mol. The van der Waals surface area contributed by atoms with E-state index in [4.69, 9.17) is 0 Å². The summed E-state index contributed by atoms with van der Waals surface area (Å²) in [6, 6.07) is 12.0. The molecule has 1 saturated heterocycles. The van der Waals surface area contributed by atoms with Gasteiger partial charge in [0, 0.05) is 31.1 Å². The Morgan fingerprint density at radius 2 is 1.68 bits per heavy atom. The smallest absolute Gasteiger partial charge is 0.352 e. The number of hydrogen-bond donors (Lipinski definition) is 1. The number of carbonyl (C=O) groups excluding carboxylic acids is 2.